The predicted octanol–water partition coefficient (Wildman–Crippen LogP) is 5.92. The van der Waals surface area contributed by atoms with Gasteiger partial charge in [0, 0.05) is 43.3 Å². The van der Waals surface area contributed by atoms with Crippen LogP contribution >= 0.6 is 0 Å². The third-order valence-corrected chi connectivity index (χ3v) is 6.51. The standard InChI is InChI=1S/C30H25N7/c1-19-14-23(25-10-12-33-18-24(25)17-32)15-20(2)28(19)36-30-29-26(11-13-37(29)3)34-27(35-30)9-8-21-4-6-22(16-31)7-5-21/h4-7,10-15,18H,8-9H2,1-3H3,(H,34,35,36). The monoisotopic (exact) mass is 483 g/mol. The first kappa shape index (κ1) is 23.7. The van der Waals surface area contributed by atoms with Crippen molar-refractivity contribution in [1.82, 2.24) is 19.5 Å². The second-order valence-corrected chi connectivity index (χ2v) is 9.10. The van der Waals surface area contributed by atoms with E-state index >= 15 is 0 Å². The Morgan fingerprint density at radius 1 is 0.919 bits per heavy atom. The van der Waals surface area contributed by atoms with Crippen molar-refractivity contribution in [3.05, 3.63) is 101 Å². The van der Waals surface area contributed by atoms with E-state index in [9.17, 15) is 5.26 Å². The maximum atomic E-state index is 9.51. The molecule has 0 bridgehead atoms. The van der Waals surface area contributed by atoms with Gasteiger partial charge >= 0.3 is 0 Å². The molecule has 37 heavy (non-hydrogen) atoms. The van der Waals surface area contributed by atoms with Crippen molar-refractivity contribution in [2.45, 2.75) is 26.7 Å². The van der Waals surface area contributed by atoms with E-state index in [1.165, 1.54) is 0 Å². The maximum absolute atomic E-state index is 9.51. The summed E-state index contributed by atoms with van der Waals surface area (Å²) < 4.78 is 2.03. The molecule has 2 aromatic carbocycles. The maximum Gasteiger partial charge on any atom is 0.158 e. The van der Waals surface area contributed by atoms with Crippen LogP contribution in [0.2, 0.25) is 0 Å². The van der Waals surface area contributed by atoms with Crippen LogP contribution in [0.1, 0.15) is 33.6 Å². The van der Waals surface area contributed by atoms with Crippen molar-refractivity contribution in [1.29, 1.82) is 10.5 Å². The average molecular weight is 484 g/mol. The Labute approximate surface area is 215 Å². The number of benzene rings is 2. The van der Waals surface area contributed by atoms with Gasteiger partial charge in [0.15, 0.2) is 5.82 Å². The van der Waals surface area contributed by atoms with Crippen molar-refractivity contribution < 1.29 is 0 Å². The average Bonchev–Trinajstić information content (AvgIpc) is 3.30. The van der Waals surface area contributed by atoms with Gasteiger partial charge in [-0.3, -0.25) is 4.98 Å². The van der Waals surface area contributed by atoms with Gasteiger partial charge in [-0.05, 0) is 78.9 Å². The fraction of sp³-hybridized carbons (Fsp3) is 0.167. The zero-order chi connectivity index (χ0) is 25.9. The lowest BCUT2D eigenvalue weighted by Gasteiger charge is -2.17. The van der Waals surface area contributed by atoms with E-state index in [2.05, 4.69) is 48.4 Å². The molecule has 0 fully saturated rings. The molecule has 7 heteroatoms. The molecule has 7 nitrogen and oxygen atoms in total. The van der Waals surface area contributed by atoms with Crippen LogP contribution in [-0.2, 0) is 19.9 Å². The van der Waals surface area contributed by atoms with Gasteiger partial charge < -0.3 is 9.88 Å². The molecule has 3 heterocycles. The highest BCUT2D eigenvalue weighted by Gasteiger charge is 2.15. The lowest BCUT2D eigenvalue weighted by Crippen LogP contribution is -2.06. The van der Waals surface area contributed by atoms with Crippen molar-refractivity contribution >= 4 is 22.5 Å². The minimum atomic E-state index is 0.551. The first-order valence-corrected chi connectivity index (χ1v) is 12.0. The first-order valence-electron chi connectivity index (χ1n) is 12.0. The molecule has 0 saturated heterocycles. The summed E-state index contributed by atoms with van der Waals surface area (Å²) in [5.41, 5.74) is 9.10. The summed E-state index contributed by atoms with van der Waals surface area (Å²) in [5.74, 6) is 1.51. The van der Waals surface area contributed by atoms with Gasteiger partial charge in [-0.15, -0.1) is 0 Å². The van der Waals surface area contributed by atoms with Gasteiger partial charge in [0.25, 0.3) is 0 Å². The number of anilines is 2. The van der Waals surface area contributed by atoms with Crippen molar-refractivity contribution in [3.8, 4) is 23.3 Å². The zero-order valence-corrected chi connectivity index (χ0v) is 20.9. The second kappa shape index (κ2) is 9.93. The highest BCUT2D eigenvalue weighted by atomic mass is 15.1. The third-order valence-electron chi connectivity index (χ3n) is 6.51. The van der Waals surface area contributed by atoms with Crippen LogP contribution in [0.3, 0.4) is 0 Å². The Morgan fingerprint density at radius 2 is 1.68 bits per heavy atom. The molecule has 5 aromatic rings. The topological polar surface area (TPSA) is 103 Å². The summed E-state index contributed by atoms with van der Waals surface area (Å²) in [6.07, 6.45) is 6.76. The second-order valence-electron chi connectivity index (χ2n) is 9.10. The van der Waals surface area contributed by atoms with Crippen molar-refractivity contribution in [3.63, 3.8) is 0 Å². The van der Waals surface area contributed by atoms with Crippen LogP contribution in [0.25, 0.3) is 22.2 Å². The van der Waals surface area contributed by atoms with Crippen LogP contribution in [-0.4, -0.2) is 19.5 Å². The Kier molecular flexibility index (Phi) is 6.36. The lowest BCUT2D eigenvalue weighted by atomic mass is 9.97. The molecule has 0 unspecified atom stereocenters. The van der Waals surface area contributed by atoms with Crippen LogP contribution < -0.4 is 5.32 Å². The molecule has 0 spiro atoms. The molecule has 0 aliphatic carbocycles. The van der Waals surface area contributed by atoms with E-state index in [0.29, 0.717) is 17.5 Å². The molecule has 5 rings (SSSR count). The van der Waals surface area contributed by atoms with Crippen LogP contribution in [0.15, 0.2) is 67.1 Å². The SMILES string of the molecule is Cc1cc(-c2ccncc2C#N)cc(C)c1Nc1nc(CCc2ccc(C#N)cc2)nc2ccn(C)c12. The quantitative estimate of drug-likeness (QED) is 0.322. The number of aromatic nitrogens is 4. The van der Waals surface area contributed by atoms with E-state index in [4.69, 9.17) is 15.2 Å². The lowest BCUT2D eigenvalue weighted by molar-refractivity contribution is 0.867. The normalized spacial score (nSPS) is 10.7. The van der Waals surface area contributed by atoms with Gasteiger partial charge in [0.05, 0.1) is 22.7 Å². The van der Waals surface area contributed by atoms with Gasteiger partial charge in [-0.1, -0.05) is 12.1 Å². The van der Waals surface area contributed by atoms with Gasteiger partial charge in [0.2, 0.25) is 0 Å². The number of fused-ring (bicyclic) bond motifs is 1. The molecule has 0 radical (unpaired) electrons. The van der Waals surface area contributed by atoms with E-state index in [1.54, 1.807) is 12.4 Å². The van der Waals surface area contributed by atoms with E-state index < -0.39 is 0 Å². The fourth-order valence-corrected chi connectivity index (χ4v) is 4.61. The Hall–Kier alpha value is -5.01. The fourth-order valence-electron chi connectivity index (χ4n) is 4.61. The summed E-state index contributed by atoms with van der Waals surface area (Å²) in [5, 5.41) is 22.1. The highest BCUT2D eigenvalue weighted by molar-refractivity contribution is 5.89. The predicted molar refractivity (Wildman–Crippen MR) is 144 cm³/mol. The molecular formula is C30H25N7. The minimum Gasteiger partial charge on any atom is -0.346 e. The smallest absolute Gasteiger partial charge is 0.158 e. The molecule has 0 aliphatic rings. The Bertz CT molecular complexity index is 1680. The number of nitrogens with zero attached hydrogens (tertiary/aromatic N) is 6. The minimum absolute atomic E-state index is 0.551. The number of rotatable bonds is 6. The summed E-state index contributed by atoms with van der Waals surface area (Å²) in [6, 6.07) is 20.1. The highest BCUT2D eigenvalue weighted by Crippen LogP contribution is 2.33. The van der Waals surface area contributed by atoms with E-state index in [0.717, 1.165) is 62.6 Å². The Morgan fingerprint density at radius 3 is 2.38 bits per heavy atom. The number of hydrogen-bond acceptors (Lipinski definition) is 6. The van der Waals surface area contributed by atoms with Crippen LogP contribution in [0.4, 0.5) is 11.5 Å². The molecule has 0 saturated carbocycles. The van der Waals surface area contributed by atoms with E-state index in [1.807, 2.05) is 54.2 Å². The third kappa shape index (κ3) is 4.76. The summed E-state index contributed by atoms with van der Waals surface area (Å²) in [4.78, 5) is 13.8. The zero-order valence-electron chi connectivity index (χ0n) is 20.9. The number of nitriles is 2. The number of hydrogen-bond donors (Lipinski definition) is 1. The van der Waals surface area contributed by atoms with Gasteiger partial charge in [-0.2, -0.15) is 10.5 Å². The van der Waals surface area contributed by atoms with Crippen molar-refractivity contribution in [2.24, 2.45) is 7.05 Å². The van der Waals surface area contributed by atoms with Crippen LogP contribution in [0.5, 0.6) is 0 Å². The molecule has 0 amide bonds. The Balaban J connectivity index is 1.48. The summed E-state index contributed by atoms with van der Waals surface area (Å²) >= 11 is 0. The summed E-state index contributed by atoms with van der Waals surface area (Å²) in [7, 11) is 1.99. The molecule has 0 aliphatic heterocycles. The number of aryl methyl sites for hydroxylation is 5. The molecule has 180 valence electrons. The molecule has 3 aromatic heterocycles. The number of pyridine rings is 1. The summed E-state index contributed by atoms with van der Waals surface area (Å²) in [6.45, 7) is 4.11. The molecule has 0 atom stereocenters. The van der Waals surface area contributed by atoms with Crippen molar-refractivity contribution in [2.75, 3.05) is 5.32 Å². The van der Waals surface area contributed by atoms with E-state index in [-0.39, 0.29) is 0 Å². The molecular weight excluding hydrogens is 458 g/mol. The first-order chi connectivity index (χ1) is 18.0. The van der Waals surface area contributed by atoms with Gasteiger partial charge in [-0.25, -0.2) is 9.97 Å². The van der Waals surface area contributed by atoms with Crippen LogP contribution in [0, 0.1) is 36.5 Å². The van der Waals surface area contributed by atoms with Gasteiger partial charge in [0.1, 0.15) is 17.4 Å². The largest absolute Gasteiger partial charge is 0.346 e. The number of nitrogens with one attached hydrogen (secondary N) is 1. The molecule has 1 N–H and O–H groups in total.